The van der Waals surface area contributed by atoms with Gasteiger partial charge in [-0.15, -0.1) is 0 Å². The Morgan fingerprint density at radius 1 is 1.25 bits per heavy atom. The molecule has 0 aromatic carbocycles. The third-order valence-corrected chi connectivity index (χ3v) is 6.01. The number of rotatable bonds is 1. The Morgan fingerprint density at radius 2 is 2.00 bits per heavy atom. The molecular weight excluding hydrogens is 252 g/mol. The fraction of sp³-hybridized carbons (Fsp3) is 0.882. The third kappa shape index (κ3) is 2.24. The number of hydrogen-bond acceptors (Lipinski definition) is 3. The van der Waals surface area contributed by atoms with Crippen LogP contribution < -0.4 is 0 Å². The molecule has 3 aliphatic rings. The number of hydrogen-bond donors (Lipinski definition) is 2. The second-order valence-electron chi connectivity index (χ2n) is 8.29. The first-order valence-electron chi connectivity index (χ1n) is 7.95. The molecule has 114 valence electrons. The molecule has 0 amide bonds. The van der Waals surface area contributed by atoms with E-state index in [-0.39, 0.29) is 16.7 Å². The van der Waals surface area contributed by atoms with Crippen LogP contribution in [-0.2, 0) is 4.74 Å². The van der Waals surface area contributed by atoms with Crippen LogP contribution in [0, 0.1) is 22.7 Å². The van der Waals surface area contributed by atoms with Crippen LogP contribution in [0.4, 0.5) is 0 Å². The number of aliphatic hydroxyl groups excluding tert-OH is 1. The van der Waals surface area contributed by atoms with E-state index in [4.69, 9.17) is 4.74 Å². The fourth-order valence-corrected chi connectivity index (χ4v) is 4.83. The summed E-state index contributed by atoms with van der Waals surface area (Å²) in [4.78, 5) is 0. The molecule has 0 radical (unpaired) electrons. The Kier molecular flexibility index (Phi) is 3.32. The van der Waals surface area contributed by atoms with Crippen LogP contribution in [0.3, 0.4) is 0 Å². The highest BCUT2D eigenvalue weighted by molar-refractivity contribution is 5.16. The molecule has 0 bridgehead atoms. The largest absolute Gasteiger partial charge is 0.389 e. The Labute approximate surface area is 122 Å². The van der Waals surface area contributed by atoms with Crippen LogP contribution >= 0.6 is 0 Å². The standard InChI is InChI=1S/C17H28O3/c1-15(2)6-4-7-16(3,11-15)17(19)8-5-13-12(9-17)10-20-14(13)18/h4,7,12-14,18-19H,5-6,8-11H2,1-3H3/t12-,13-,14?,16?,17-/m0/s1. The van der Waals surface area contributed by atoms with Crippen molar-refractivity contribution < 1.29 is 14.9 Å². The summed E-state index contributed by atoms with van der Waals surface area (Å²) in [5.74, 6) is 0.526. The van der Waals surface area contributed by atoms with E-state index >= 15 is 0 Å². The first-order chi connectivity index (χ1) is 9.25. The van der Waals surface area contributed by atoms with Crippen LogP contribution in [0.25, 0.3) is 0 Å². The van der Waals surface area contributed by atoms with Crippen molar-refractivity contribution in [3.8, 4) is 0 Å². The third-order valence-electron chi connectivity index (χ3n) is 6.01. The van der Waals surface area contributed by atoms with Crippen molar-refractivity contribution in [1.82, 2.24) is 0 Å². The maximum atomic E-state index is 11.3. The Morgan fingerprint density at radius 3 is 2.70 bits per heavy atom. The Balaban J connectivity index is 1.82. The lowest BCUT2D eigenvalue weighted by atomic mass is 9.55. The highest BCUT2D eigenvalue weighted by Crippen LogP contribution is 2.55. The van der Waals surface area contributed by atoms with E-state index in [0.717, 1.165) is 32.1 Å². The molecule has 3 nitrogen and oxygen atoms in total. The summed E-state index contributed by atoms with van der Waals surface area (Å²) in [6, 6.07) is 0. The van der Waals surface area contributed by atoms with Gasteiger partial charge in [-0.25, -0.2) is 0 Å². The zero-order valence-corrected chi connectivity index (χ0v) is 12.9. The number of fused-ring (bicyclic) bond motifs is 1. The lowest BCUT2D eigenvalue weighted by Gasteiger charge is -2.52. The molecule has 3 heteroatoms. The normalized spacial score (nSPS) is 51.0. The summed E-state index contributed by atoms with van der Waals surface area (Å²) in [5, 5.41) is 21.2. The Bertz CT molecular complexity index is 416. The zero-order valence-electron chi connectivity index (χ0n) is 12.9. The van der Waals surface area contributed by atoms with Crippen molar-refractivity contribution in [3.63, 3.8) is 0 Å². The highest BCUT2D eigenvalue weighted by atomic mass is 16.6. The summed E-state index contributed by atoms with van der Waals surface area (Å²) in [6.45, 7) is 7.37. The monoisotopic (exact) mass is 280 g/mol. The van der Waals surface area contributed by atoms with Gasteiger partial charge < -0.3 is 14.9 Å². The average Bonchev–Trinajstić information content (AvgIpc) is 2.68. The average molecular weight is 280 g/mol. The molecule has 3 rings (SSSR count). The van der Waals surface area contributed by atoms with Gasteiger partial charge in [0.2, 0.25) is 0 Å². The van der Waals surface area contributed by atoms with E-state index in [9.17, 15) is 10.2 Å². The molecule has 1 saturated heterocycles. The van der Waals surface area contributed by atoms with Gasteiger partial charge in [0.15, 0.2) is 6.29 Å². The minimum Gasteiger partial charge on any atom is -0.389 e. The predicted molar refractivity (Wildman–Crippen MR) is 78.0 cm³/mol. The quantitative estimate of drug-likeness (QED) is 0.726. The van der Waals surface area contributed by atoms with E-state index in [1.165, 1.54) is 0 Å². The van der Waals surface area contributed by atoms with E-state index in [1.807, 2.05) is 0 Å². The molecule has 5 atom stereocenters. The summed E-state index contributed by atoms with van der Waals surface area (Å²) in [5.41, 5.74) is -0.565. The highest BCUT2D eigenvalue weighted by Gasteiger charge is 2.54. The molecule has 2 fully saturated rings. The van der Waals surface area contributed by atoms with Gasteiger partial charge in [-0.3, -0.25) is 0 Å². The van der Waals surface area contributed by atoms with Gasteiger partial charge >= 0.3 is 0 Å². The maximum absolute atomic E-state index is 11.3. The molecule has 2 unspecified atom stereocenters. The molecular formula is C17H28O3. The first-order valence-corrected chi connectivity index (χ1v) is 7.95. The molecule has 1 saturated carbocycles. The second-order valence-corrected chi connectivity index (χ2v) is 8.29. The van der Waals surface area contributed by atoms with Crippen LogP contribution in [0.1, 0.15) is 52.9 Å². The predicted octanol–water partition coefficient (Wildman–Crippen LogP) is 2.86. The van der Waals surface area contributed by atoms with E-state index < -0.39 is 11.9 Å². The molecule has 2 N–H and O–H groups in total. The maximum Gasteiger partial charge on any atom is 0.157 e. The van der Waals surface area contributed by atoms with Gasteiger partial charge in [-0.2, -0.15) is 0 Å². The number of ether oxygens (including phenoxy) is 1. The smallest absolute Gasteiger partial charge is 0.157 e. The fourth-order valence-electron chi connectivity index (χ4n) is 4.83. The van der Waals surface area contributed by atoms with Crippen LogP contribution in [0.5, 0.6) is 0 Å². The van der Waals surface area contributed by atoms with Gasteiger partial charge in [0, 0.05) is 11.3 Å². The molecule has 20 heavy (non-hydrogen) atoms. The summed E-state index contributed by atoms with van der Waals surface area (Å²) in [6.07, 6.45) is 8.37. The zero-order chi connectivity index (χ0) is 14.6. The van der Waals surface area contributed by atoms with Crippen LogP contribution in [0.2, 0.25) is 0 Å². The van der Waals surface area contributed by atoms with E-state index in [1.54, 1.807) is 0 Å². The van der Waals surface area contributed by atoms with Gasteiger partial charge in [0.05, 0.1) is 12.2 Å². The molecule has 1 heterocycles. The van der Waals surface area contributed by atoms with Crippen molar-refractivity contribution in [2.24, 2.45) is 22.7 Å². The summed E-state index contributed by atoms with van der Waals surface area (Å²) < 4.78 is 5.38. The molecule has 1 aliphatic heterocycles. The van der Waals surface area contributed by atoms with Crippen molar-refractivity contribution in [2.75, 3.05) is 6.61 Å². The SMILES string of the molecule is CC1(C)CC=CC(C)([C@]2(O)CC[C@@H]3C(O)OC[C@@H]3C2)C1. The molecule has 2 aliphatic carbocycles. The van der Waals surface area contributed by atoms with Crippen molar-refractivity contribution >= 4 is 0 Å². The van der Waals surface area contributed by atoms with Gasteiger partial charge in [0.1, 0.15) is 0 Å². The lowest BCUT2D eigenvalue weighted by Crippen LogP contribution is -2.53. The minimum absolute atomic E-state index is 0.159. The molecule has 0 aromatic heterocycles. The number of allylic oxidation sites excluding steroid dienone is 1. The van der Waals surface area contributed by atoms with Gasteiger partial charge in [-0.05, 0) is 43.4 Å². The summed E-state index contributed by atoms with van der Waals surface area (Å²) >= 11 is 0. The lowest BCUT2D eigenvalue weighted by molar-refractivity contribution is -0.128. The second kappa shape index (κ2) is 4.56. The molecule has 0 aromatic rings. The van der Waals surface area contributed by atoms with Crippen molar-refractivity contribution in [2.45, 2.75) is 64.8 Å². The summed E-state index contributed by atoms with van der Waals surface area (Å²) in [7, 11) is 0. The topological polar surface area (TPSA) is 49.7 Å². The Hall–Kier alpha value is -0.380. The van der Waals surface area contributed by atoms with Gasteiger partial charge in [0.25, 0.3) is 0 Å². The van der Waals surface area contributed by atoms with E-state index in [2.05, 4.69) is 32.9 Å². The first kappa shape index (κ1) is 14.6. The van der Waals surface area contributed by atoms with Crippen molar-refractivity contribution in [1.29, 1.82) is 0 Å². The van der Waals surface area contributed by atoms with Crippen molar-refractivity contribution in [3.05, 3.63) is 12.2 Å². The van der Waals surface area contributed by atoms with E-state index in [0.29, 0.717) is 12.5 Å². The van der Waals surface area contributed by atoms with Crippen LogP contribution in [-0.4, -0.2) is 28.7 Å². The molecule has 0 spiro atoms. The minimum atomic E-state index is -0.657. The number of aliphatic hydroxyl groups is 2. The van der Waals surface area contributed by atoms with Gasteiger partial charge in [-0.1, -0.05) is 32.9 Å². The van der Waals surface area contributed by atoms with Crippen LogP contribution in [0.15, 0.2) is 12.2 Å².